The second-order valence-corrected chi connectivity index (χ2v) is 4.74. The standard InChI is InChI=1S/C11H23N3S2/c1-6-8-14(9-7-2)11(16)13(5)10(15)12(3)4/h6-9H2,1-5H3. The molecule has 0 saturated heterocycles. The first-order chi connectivity index (χ1) is 7.45. The van der Waals surface area contributed by atoms with Crippen LogP contribution in [0.15, 0.2) is 0 Å². The highest BCUT2D eigenvalue weighted by Gasteiger charge is 2.16. The molecule has 0 unspecified atom stereocenters. The third-order valence-corrected chi connectivity index (χ3v) is 3.39. The molecule has 0 aromatic heterocycles. The summed E-state index contributed by atoms with van der Waals surface area (Å²) in [6.45, 7) is 6.31. The molecule has 3 nitrogen and oxygen atoms in total. The zero-order chi connectivity index (χ0) is 12.7. The van der Waals surface area contributed by atoms with Gasteiger partial charge in [0.05, 0.1) is 0 Å². The molecule has 0 aliphatic heterocycles. The Morgan fingerprint density at radius 2 is 1.31 bits per heavy atom. The average molecular weight is 261 g/mol. The van der Waals surface area contributed by atoms with E-state index in [9.17, 15) is 0 Å². The molecule has 0 heterocycles. The van der Waals surface area contributed by atoms with Crippen LogP contribution < -0.4 is 0 Å². The van der Waals surface area contributed by atoms with Crippen molar-refractivity contribution in [1.82, 2.24) is 14.7 Å². The molecule has 0 aliphatic carbocycles. The van der Waals surface area contributed by atoms with Gasteiger partial charge in [-0.15, -0.1) is 0 Å². The van der Waals surface area contributed by atoms with Gasteiger partial charge in [-0.05, 0) is 37.3 Å². The maximum absolute atomic E-state index is 5.46. The summed E-state index contributed by atoms with van der Waals surface area (Å²) in [7, 11) is 5.81. The number of nitrogens with zero attached hydrogens (tertiary/aromatic N) is 3. The molecule has 0 bridgehead atoms. The first kappa shape index (κ1) is 15.6. The van der Waals surface area contributed by atoms with E-state index < -0.39 is 0 Å². The summed E-state index contributed by atoms with van der Waals surface area (Å²) < 4.78 is 0. The van der Waals surface area contributed by atoms with Crippen LogP contribution in [0.3, 0.4) is 0 Å². The SMILES string of the molecule is CCCN(CCC)C(=S)N(C)C(=S)N(C)C. The fourth-order valence-electron chi connectivity index (χ4n) is 1.44. The van der Waals surface area contributed by atoms with Crippen molar-refractivity contribution in [3.8, 4) is 0 Å². The molecular weight excluding hydrogens is 238 g/mol. The van der Waals surface area contributed by atoms with Crippen LogP contribution in [0.2, 0.25) is 0 Å². The van der Waals surface area contributed by atoms with Crippen LogP contribution in [-0.2, 0) is 0 Å². The Kier molecular flexibility index (Phi) is 7.58. The Balaban J connectivity index is 4.53. The fourth-order valence-corrected chi connectivity index (χ4v) is 1.85. The highest BCUT2D eigenvalue weighted by Crippen LogP contribution is 2.03. The lowest BCUT2D eigenvalue weighted by molar-refractivity contribution is 0.384. The Morgan fingerprint density at radius 3 is 1.62 bits per heavy atom. The molecule has 0 saturated carbocycles. The first-order valence-electron chi connectivity index (χ1n) is 5.69. The van der Waals surface area contributed by atoms with E-state index in [0.29, 0.717) is 0 Å². The summed E-state index contributed by atoms with van der Waals surface area (Å²) in [5, 5.41) is 1.57. The van der Waals surface area contributed by atoms with Crippen LogP contribution >= 0.6 is 24.4 Å². The minimum atomic E-state index is 0.752. The van der Waals surface area contributed by atoms with E-state index >= 15 is 0 Å². The van der Waals surface area contributed by atoms with Gasteiger partial charge >= 0.3 is 0 Å². The van der Waals surface area contributed by atoms with Gasteiger partial charge in [0.15, 0.2) is 10.2 Å². The van der Waals surface area contributed by atoms with E-state index in [1.165, 1.54) is 0 Å². The van der Waals surface area contributed by atoms with Crippen molar-refractivity contribution in [1.29, 1.82) is 0 Å². The number of hydrogen-bond acceptors (Lipinski definition) is 2. The molecule has 0 amide bonds. The highest BCUT2D eigenvalue weighted by molar-refractivity contribution is 7.81. The Hall–Kier alpha value is -0.420. The second kappa shape index (κ2) is 7.79. The summed E-state index contributed by atoms with van der Waals surface area (Å²) >= 11 is 10.8. The maximum atomic E-state index is 5.46. The zero-order valence-electron chi connectivity index (χ0n) is 11.0. The lowest BCUT2D eigenvalue weighted by Crippen LogP contribution is -2.47. The van der Waals surface area contributed by atoms with Gasteiger partial charge in [0.1, 0.15) is 0 Å². The van der Waals surface area contributed by atoms with E-state index in [0.717, 1.165) is 36.2 Å². The normalized spacial score (nSPS) is 9.81. The summed E-state index contributed by atoms with van der Waals surface area (Å²) in [6.07, 6.45) is 2.20. The van der Waals surface area contributed by atoms with Crippen molar-refractivity contribution in [2.75, 3.05) is 34.2 Å². The number of thiocarbonyl (C=S) groups is 2. The van der Waals surface area contributed by atoms with Gasteiger partial charge < -0.3 is 9.80 Å². The van der Waals surface area contributed by atoms with E-state index in [-0.39, 0.29) is 0 Å². The molecule has 0 aliphatic rings. The van der Waals surface area contributed by atoms with Crippen LogP contribution in [0.5, 0.6) is 0 Å². The highest BCUT2D eigenvalue weighted by atomic mass is 32.1. The van der Waals surface area contributed by atoms with Crippen molar-refractivity contribution in [3.05, 3.63) is 0 Å². The van der Waals surface area contributed by atoms with Crippen LogP contribution in [-0.4, -0.2) is 59.2 Å². The summed E-state index contributed by atoms with van der Waals surface area (Å²) in [5.74, 6) is 0. The predicted octanol–water partition coefficient (Wildman–Crippen LogP) is 2.17. The molecule has 0 atom stereocenters. The van der Waals surface area contributed by atoms with Gasteiger partial charge in [0.25, 0.3) is 0 Å². The van der Waals surface area contributed by atoms with Gasteiger partial charge in [-0.3, -0.25) is 4.90 Å². The molecule has 0 N–H and O–H groups in total. The van der Waals surface area contributed by atoms with Crippen LogP contribution in [0, 0.1) is 0 Å². The molecule has 16 heavy (non-hydrogen) atoms. The second-order valence-electron chi connectivity index (χ2n) is 4.01. The zero-order valence-corrected chi connectivity index (χ0v) is 12.6. The molecular formula is C11H23N3S2. The number of hydrogen-bond donors (Lipinski definition) is 0. The van der Waals surface area contributed by atoms with Crippen molar-refractivity contribution in [2.24, 2.45) is 0 Å². The lowest BCUT2D eigenvalue weighted by Gasteiger charge is -2.33. The van der Waals surface area contributed by atoms with Crippen molar-refractivity contribution in [3.63, 3.8) is 0 Å². The third kappa shape index (κ3) is 4.61. The van der Waals surface area contributed by atoms with Crippen LogP contribution in [0.4, 0.5) is 0 Å². The molecule has 0 aromatic rings. The monoisotopic (exact) mass is 261 g/mol. The Morgan fingerprint density at radius 1 is 0.875 bits per heavy atom. The molecule has 0 aromatic carbocycles. The van der Waals surface area contributed by atoms with Gasteiger partial charge in [0.2, 0.25) is 0 Å². The van der Waals surface area contributed by atoms with Crippen molar-refractivity contribution in [2.45, 2.75) is 26.7 Å². The lowest BCUT2D eigenvalue weighted by atomic mass is 10.4. The predicted molar refractivity (Wildman–Crippen MR) is 78.8 cm³/mol. The summed E-state index contributed by atoms with van der Waals surface area (Å²) in [4.78, 5) is 6.01. The maximum Gasteiger partial charge on any atom is 0.177 e. The smallest absolute Gasteiger partial charge is 0.177 e. The number of rotatable bonds is 4. The van der Waals surface area contributed by atoms with E-state index in [2.05, 4.69) is 18.7 Å². The summed E-state index contributed by atoms with van der Waals surface area (Å²) in [5.41, 5.74) is 0. The van der Waals surface area contributed by atoms with E-state index in [4.69, 9.17) is 24.4 Å². The molecule has 5 heteroatoms. The topological polar surface area (TPSA) is 9.72 Å². The summed E-state index contributed by atoms with van der Waals surface area (Å²) in [6, 6.07) is 0. The van der Waals surface area contributed by atoms with Crippen LogP contribution in [0.1, 0.15) is 26.7 Å². The average Bonchev–Trinajstić information content (AvgIpc) is 2.25. The van der Waals surface area contributed by atoms with Crippen LogP contribution in [0.25, 0.3) is 0 Å². The third-order valence-electron chi connectivity index (χ3n) is 2.21. The van der Waals surface area contributed by atoms with Crippen molar-refractivity contribution < 1.29 is 0 Å². The molecule has 0 spiro atoms. The van der Waals surface area contributed by atoms with Crippen molar-refractivity contribution >= 4 is 34.7 Å². The van der Waals surface area contributed by atoms with Gasteiger partial charge in [-0.25, -0.2) is 0 Å². The largest absolute Gasteiger partial charge is 0.355 e. The molecule has 0 radical (unpaired) electrons. The molecule has 94 valence electrons. The Bertz CT molecular complexity index is 235. The first-order valence-corrected chi connectivity index (χ1v) is 6.51. The van der Waals surface area contributed by atoms with E-state index in [1.54, 1.807) is 0 Å². The molecule has 0 fully saturated rings. The van der Waals surface area contributed by atoms with Gasteiger partial charge in [0, 0.05) is 34.2 Å². The molecule has 0 rings (SSSR count). The minimum absolute atomic E-state index is 0.752. The quantitative estimate of drug-likeness (QED) is 0.715. The van der Waals surface area contributed by atoms with E-state index in [1.807, 2.05) is 30.9 Å². The minimum Gasteiger partial charge on any atom is -0.355 e. The Labute approximate surface area is 110 Å². The van der Waals surface area contributed by atoms with Gasteiger partial charge in [-0.1, -0.05) is 13.8 Å². The fraction of sp³-hybridized carbons (Fsp3) is 0.818. The van der Waals surface area contributed by atoms with Gasteiger partial charge in [-0.2, -0.15) is 0 Å².